The second-order valence-corrected chi connectivity index (χ2v) is 6.12. The molecule has 0 spiro atoms. The number of nitrogens with two attached hydrogens (primary N) is 1. The van der Waals surface area contributed by atoms with Gasteiger partial charge in [-0.1, -0.05) is 0 Å². The van der Waals surface area contributed by atoms with Crippen LogP contribution in [0.3, 0.4) is 0 Å². The smallest absolute Gasteiger partial charge is 0.198 e. The number of aromatic nitrogens is 3. The Morgan fingerprint density at radius 1 is 1.33 bits per heavy atom. The van der Waals surface area contributed by atoms with Crippen LogP contribution in [0.1, 0.15) is 18.4 Å². The van der Waals surface area contributed by atoms with E-state index in [1.54, 1.807) is 23.8 Å². The summed E-state index contributed by atoms with van der Waals surface area (Å²) >= 11 is 1.56. The van der Waals surface area contributed by atoms with Crippen LogP contribution in [0.25, 0.3) is 22.3 Å². The van der Waals surface area contributed by atoms with Gasteiger partial charge in [0.15, 0.2) is 11.6 Å². The van der Waals surface area contributed by atoms with Crippen LogP contribution in [0.5, 0.6) is 0 Å². The van der Waals surface area contributed by atoms with Crippen LogP contribution >= 0.6 is 11.3 Å². The number of anilines is 1. The number of nitrogen functional groups attached to an aromatic ring is 1. The first-order valence-electron chi connectivity index (χ1n) is 6.91. The summed E-state index contributed by atoms with van der Waals surface area (Å²) < 4.78 is 5.38. The molecule has 0 bridgehead atoms. The van der Waals surface area contributed by atoms with Crippen LogP contribution in [-0.4, -0.2) is 15.0 Å². The molecule has 1 aliphatic carbocycles. The predicted molar refractivity (Wildman–Crippen MR) is 81.7 cm³/mol. The first-order chi connectivity index (χ1) is 10.3. The molecule has 5 nitrogen and oxygen atoms in total. The van der Waals surface area contributed by atoms with Crippen molar-refractivity contribution in [2.45, 2.75) is 19.3 Å². The van der Waals surface area contributed by atoms with Gasteiger partial charge in [-0.05, 0) is 37.3 Å². The first kappa shape index (κ1) is 12.5. The lowest BCUT2D eigenvalue weighted by Crippen LogP contribution is -2.06. The molecule has 2 N–H and O–H groups in total. The summed E-state index contributed by atoms with van der Waals surface area (Å²) in [6, 6.07) is 3.65. The van der Waals surface area contributed by atoms with Crippen molar-refractivity contribution in [1.29, 1.82) is 0 Å². The summed E-state index contributed by atoms with van der Waals surface area (Å²) in [5.74, 6) is 2.39. The number of hydrogen-bond acceptors (Lipinski definition) is 6. The minimum Gasteiger partial charge on any atom is -0.461 e. The Labute approximate surface area is 125 Å². The third-order valence-corrected chi connectivity index (χ3v) is 4.39. The highest BCUT2D eigenvalue weighted by Crippen LogP contribution is 2.38. The molecule has 1 saturated carbocycles. The number of furan rings is 1. The Kier molecular flexibility index (Phi) is 2.96. The number of rotatable bonds is 4. The summed E-state index contributed by atoms with van der Waals surface area (Å²) in [6.07, 6.45) is 6.84. The Bertz CT molecular complexity index is 748. The largest absolute Gasteiger partial charge is 0.461 e. The van der Waals surface area contributed by atoms with Gasteiger partial charge in [-0.2, -0.15) is 0 Å². The van der Waals surface area contributed by atoms with Crippen LogP contribution in [-0.2, 0) is 6.42 Å². The van der Waals surface area contributed by atoms with E-state index in [1.807, 2.05) is 17.5 Å². The molecule has 3 heterocycles. The zero-order valence-electron chi connectivity index (χ0n) is 11.3. The van der Waals surface area contributed by atoms with E-state index < -0.39 is 0 Å². The van der Waals surface area contributed by atoms with E-state index in [0.29, 0.717) is 23.3 Å². The quantitative estimate of drug-likeness (QED) is 0.798. The summed E-state index contributed by atoms with van der Waals surface area (Å²) in [4.78, 5) is 13.5. The van der Waals surface area contributed by atoms with Gasteiger partial charge in [-0.3, -0.25) is 0 Å². The molecule has 21 heavy (non-hydrogen) atoms. The van der Waals surface area contributed by atoms with Crippen molar-refractivity contribution >= 4 is 17.2 Å². The molecule has 1 fully saturated rings. The first-order valence-corrected chi connectivity index (χ1v) is 7.79. The monoisotopic (exact) mass is 298 g/mol. The average molecular weight is 298 g/mol. The second kappa shape index (κ2) is 4.96. The average Bonchev–Trinajstić information content (AvgIpc) is 2.99. The topological polar surface area (TPSA) is 77.8 Å². The van der Waals surface area contributed by atoms with Crippen molar-refractivity contribution in [2.24, 2.45) is 5.92 Å². The lowest BCUT2D eigenvalue weighted by Gasteiger charge is -2.10. The van der Waals surface area contributed by atoms with Crippen molar-refractivity contribution in [1.82, 2.24) is 15.0 Å². The summed E-state index contributed by atoms with van der Waals surface area (Å²) in [6.45, 7) is 0. The zero-order chi connectivity index (χ0) is 14.2. The highest BCUT2D eigenvalue weighted by Gasteiger charge is 2.26. The molecule has 3 aromatic heterocycles. The summed E-state index contributed by atoms with van der Waals surface area (Å²) in [7, 11) is 0. The van der Waals surface area contributed by atoms with Crippen molar-refractivity contribution in [3.63, 3.8) is 0 Å². The third kappa shape index (κ3) is 2.42. The normalized spacial score (nSPS) is 14.5. The standard InChI is InChI=1S/C15H14N4OS/c16-13-10(8-9-3-4-9)12(15-17-5-7-21-15)18-14(19-13)11-2-1-6-20-11/h1-2,5-7,9H,3-4,8H2,(H2,16,18,19). The fraction of sp³-hybridized carbons (Fsp3) is 0.267. The maximum Gasteiger partial charge on any atom is 0.198 e. The molecule has 0 unspecified atom stereocenters. The molecule has 1 aliphatic rings. The second-order valence-electron chi connectivity index (χ2n) is 5.22. The maximum atomic E-state index is 6.19. The van der Waals surface area contributed by atoms with E-state index in [1.165, 1.54) is 12.8 Å². The Hall–Kier alpha value is -2.21. The van der Waals surface area contributed by atoms with Crippen LogP contribution < -0.4 is 5.73 Å². The number of hydrogen-bond donors (Lipinski definition) is 1. The Balaban J connectivity index is 1.86. The molecule has 0 atom stereocenters. The van der Waals surface area contributed by atoms with Crippen molar-refractivity contribution in [3.8, 4) is 22.3 Å². The Morgan fingerprint density at radius 2 is 2.24 bits per heavy atom. The molecular weight excluding hydrogens is 284 g/mol. The van der Waals surface area contributed by atoms with Crippen LogP contribution in [0.15, 0.2) is 34.4 Å². The highest BCUT2D eigenvalue weighted by molar-refractivity contribution is 7.13. The van der Waals surface area contributed by atoms with Gasteiger partial charge in [0.05, 0.1) is 6.26 Å². The van der Waals surface area contributed by atoms with Crippen molar-refractivity contribution in [3.05, 3.63) is 35.5 Å². The van der Waals surface area contributed by atoms with Gasteiger partial charge in [0, 0.05) is 17.1 Å². The van der Waals surface area contributed by atoms with Crippen LogP contribution in [0.2, 0.25) is 0 Å². The molecule has 0 aromatic carbocycles. The number of thiazole rings is 1. The fourth-order valence-electron chi connectivity index (χ4n) is 2.35. The lowest BCUT2D eigenvalue weighted by atomic mass is 10.1. The molecule has 0 aliphatic heterocycles. The van der Waals surface area contributed by atoms with Crippen molar-refractivity contribution < 1.29 is 4.42 Å². The SMILES string of the molecule is Nc1nc(-c2ccco2)nc(-c2nccs2)c1CC1CC1. The molecular formula is C15H14N4OS. The van der Waals surface area contributed by atoms with Gasteiger partial charge < -0.3 is 10.2 Å². The number of nitrogens with zero attached hydrogens (tertiary/aromatic N) is 3. The molecule has 106 valence electrons. The predicted octanol–water partition coefficient (Wildman–Crippen LogP) is 3.39. The maximum absolute atomic E-state index is 6.19. The van der Waals surface area contributed by atoms with Gasteiger partial charge in [0.2, 0.25) is 0 Å². The van der Waals surface area contributed by atoms with E-state index >= 15 is 0 Å². The van der Waals surface area contributed by atoms with E-state index in [-0.39, 0.29) is 0 Å². The van der Waals surface area contributed by atoms with E-state index in [9.17, 15) is 0 Å². The lowest BCUT2D eigenvalue weighted by molar-refractivity contribution is 0.577. The molecule has 0 radical (unpaired) electrons. The Morgan fingerprint density at radius 3 is 2.90 bits per heavy atom. The van der Waals surface area contributed by atoms with E-state index in [4.69, 9.17) is 10.2 Å². The van der Waals surface area contributed by atoms with E-state index in [2.05, 4.69) is 15.0 Å². The van der Waals surface area contributed by atoms with E-state index in [0.717, 1.165) is 22.7 Å². The summed E-state index contributed by atoms with van der Waals surface area (Å²) in [5, 5.41) is 2.83. The van der Waals surface area contributed by atoms with Crippen LogP contribution in [0, 0.1) is 5.92 Å². The molecule has 0 amide bonds. The van der Waals surface area contributed by atoms with Crippen LogP contribution in [0.4, 0.5) is 5.82 Å². The summed E-state index contributed by atoms with van der Waals surface area (Å²) in [5.41, 5.74) is 8.05. The third-order valence-electron chi connectivity index (χ3n) is 3.61. The fourth-order valence-corrected chi connectivity index (χ4v) is 3.00. The zero-order valence-corrected chi connectivity index (χ0v) is 12.1. The minimum absolute atomic E-state index is 0.516. The van der Waals surface area contributed by atoms with Crippen molar-refractivity contribution in [2.75, 3.05) is 5.73 Å². The molecule has 4 rings (SSSR count). The minimum atomic E-state index is 0.516. The van der Waals surface area contributed by atoms with Gasteiger partial charge in [0.1, 0.15) is 16.5 Å². The molecule has 6 heteroatoms. The molecule has 3 aromatic rings. The molecule has 0 saturated heterocycles. The highest BCUT2D eigenvalue weighted by atomic mass is 32.1. The van der Waals surface area contributed by atoms with Gasteiger partial charge in [-0.15, -0.1) is 11.3 Å². The van der Waals surface area contributed by atoms with Gasteiger partial charge in [-0.25, -0.2) is 15.0 Å². The van der Waals surface area contributed by atoms with Gasteiger partial charge >= 0.3 is 0 Å². The van der Waals surface area contributed by atoms with Gasteiger partial charge in [0.25, 0.3) is 0 Å².